The van der Waals surface area contributed by atoms with Crippen molar-refractivity contribution in [1.82, 2.24) is 24.6 Å². The van der Waals surface area contributed by atoms with Gasteiger partial charge >= 0.3 is 0 Å². The number of hydrogen-bond acceptors (Lipinski definition) is 11. The first-order valence-electron chi connectivity index (χ1n) is 14.4. The Morgan fingerprint density at radius 2 is 1.67 bits per heavy atom. The minimum absolute atomic E-state index is 0.0942. The predicted molar refractivity (Wildman–Crippen MR) is 158 cm³/mol. The molecule has 0 spiro atoms. The van der Waals surface area contributed by atoms with Crippen molar-refractivity contribution in [3.05, 3.63) is 30.5 Å². The van der Waals surface area contributed by atoms with Crippen LogP contribution in [0.2, 0.25) is 0 Å². The monoisotopic (exact) mass is 581 g/mol. The summed E-state index contributed by atoms with van der Waals surface area (Å²) in [7, 11) is 0. The van der Waals surface area contributed by atoms with Crippen LogP contribution in [0, 0.1) is 0 Å². The first-order chi connectivity index (χ1) is 20.5. The van der Waals surface area contributed by atoms with Gasteiger partial charge in [0.2, 0.25) is 5.91 Å². The van der Waals surface area contributed by atoms with E-state index < -0.39 is 0 Å². The van der Waals surface area contributed by atoms with E-state index in [1.54, 1.807) is 6.20 Å². The van der Waals surface area contributed by atoms with Crippen molar-refractivity contribution in [3.8, 4) is 11.3 Å². The van der Waals surface area contributed by atoms with E-state index in [1.165, 1.54) is 0 Å². The van der Waals surface area contributed by atoms with E-state index in [9.17, 15) is 4.79 Å². The van der Waals surface area contributed by atoms with Crippen LogP contribution in [0.3, 0.4) is 0 Å². The summed E-state index contributed by atoms with van der Waals surface area (Å²) in [4.78, 5) is 23.3. The molecule has 4 N–H and O–H groups in total. The Hall–Kier alpha value is -3.78. The maximum Gasteiger partial charge on any atom is 0.292 e. The Bertz CT molecular complexity index is 1460. The number of likely N-dealkylation sites (tertiary alicyclic amines) is 1. The molecule has 1 saturated heterocycles. The number of aromatic nitrogens is 4. The number of carbonyl (C=O) groups excluding carboxylic acids is 1. The third-order valence-corrected chi connectivity index (χ3v) is 7.27. The quantitative estimate of drug-likeness (QED) is 0.198. The number of oxazole rings is 1. The van der Waals surface area contributed by atoms with Gasteiger partial charge in [0, 0.05) is 31.5 Å². The fourth-order valence-corrected chi connectivity index (χ4v) is 5.17. The SMILES string of the molecule is CCOCCOCCOCCOCCC(=O)N1CCC(n2nc(-c3ccc4oc(N)nc4c3)c3c(N)nccc32)CC1. The van der Waals surface area contributed by atoms with Gasteiger partial charge in [0.15, 0.2) is 5.58 Å². The highest BCUT2D eigenvalue weighted by Gasteiger charge is 2.27. The highest BCUT2D eigenvalue weighted by atomic mass is 16.6. The Morgan fingerprint density at radius 3 is 2.38 bits per heavy atom. The molecular weight excluding hydrogens is 542 g/mol. The number of ether oxygens (including phenoxy) is 4. The highest BCUT2D eigenvalue weighted by Crippen LogP contribution is 2.36. The van der Waals surface area contributed by atoms with Crippen LogP contribution in [0.1, 0.15) is 32.2 Å². The lowest BCUT2D eigenvalue weighted by Crippen LogP contribution is -2.39. The fourth-order valence-electron chi connectivity index (χ4n) is 5.17. The van der Waals surface area contributed by atoms with Crippen LogP contribution in [0.4, 0.5) is 11.8 Å². The molecule has 1 aliphatic rings. The van der Waals surface area contributed by atoms with E-state index in [-0.39, 0.29) is 18.0 Å². The molecule has 13 heteroatoms. The summed E-state index contributed by atoms with van der Waals surface area (Å²) in [5.41, 5.74) is 15.8. The van der Waals surface area contributed by atoms with Crippen molar-refractivity contribution in [2.24, 2.45) is 0 Å². The van der Waals surface area contributed by atoms with Crippen LogP contribution in [0.5, 0.6) is 0 Å². The highest BCUT2D eigenvalue weighted by molar-refractivity contribution is 6.01. The second kappa shape index (κ2) is 14.4. The molecule has 0 saturated carbocycles. The minimum Gasteiger partial charge on any atom is -0.424 e. The molecule has 4 heterocycles. The van der Waals surface area contributed by atoms with Crippen molar-refractivity contribution >= 4 is 39.7 Å². The molecule has 5 rings (SSSR count). The molecule has 13 nitrogen and oxygen atoms in total. The summed E-state index contributed by atoms with van der Waals surface area (Å²) in [6.07, 6.45) is 3.61. The molecule has 4 aromatic rings. The molecule has 1 aliphatic heterocycles. The summed E-state index contributed by atoms with van der Waals surface area (Å²) in [5.74, 6) is 0.508. The van der Waals surface area contributed by atoms with Crippen LogP contribution < -0.4 is 11.5 Å². The van der Waals surface area contributed by atoms with E-state index in [1.807, 2.05) is 40.8 Å². The second-order valence-electron chi connectivity index (χ2n) is 10.0. The van der Waals surface area contributed by atoms with Gasteiger partial charge in [-0.05, 0) is 44.0 Å². The number of benzene rings is 1. The van der Waals surface area contributed by atoms with Gasteiger partial charge in [-0.2, -0.15) is 10.1 Å². The number of nitrogen functional groups attached to an aromatic ring is 2. The van der Waals surface area contributed by atoms with Crippen LogP contribution >= 0.6 is 0 Å². The lowest BCUT2D eigenvalue weighted by Gasteiger charge is -2.32. The van der Waals surface area contributed by atoms with Gasteiger partial charge in [-0.15, -0.1) is 0 Å². The zero-order valence-electron chi connectivity index (χ0n) is 24.0. The van der Waals surface area contributed by atoms with Gasteiger partial charge in [-0.3, -0.25) is 9.48 Å². The first kappa shape index (κ1) is 29.7. The third kappa shape index (κ3) is 7.16. The summed E-state index contributed by atoms with van der Waals surface area (Å²) in [6.45, 7) is 7.41. The number of anilines is 2. The largest absolute Gasteiger partial charge is 0.424 e. The Morgan fingerprint density at radius 1 is 0.976 bits per heavy atom. The summed E-state index contributed by atoms with van der Waals surface area (Å²) >= 11 is 0. The molecule has 3 aromatic heterocycles. The van der Waals surface area contributed by atoms with E-state index in [0.717, 1.165) is 35.0 Å². The van der Waals surface area contributed by atoms with Crippen LogP contribution in [0.25, 0.3) is 33.3 Å². The maximum atomic E-state index is 12.8. The van der Waals surface area contributed by atoms with Crippen LogP contribution in [0.15, 0.2) is 34.9 Å². The number of carbonyl (C=O) groups is 1. The van der Waals surface area contributed by atoms with Gasteiger partial charge in [0.25, 0.3) is 6.01 Å². The number of hydrogen-bond donors (Lipinski definition) is 2. The molecule has 0 radical (unpaired) electrons. The van der Waals surface area contributed by atoms with Gasteiger partial charge in [0.1, 0.15) is 17.0 Å². The predicted octanol–water partition coefficient (Wildman–Crippen LogP) is 3.04. The summed E-state index contributed by atoms with van der Waals surface area (Å²) in [6, 6.07) is 7.81. The van der Waals surface area contributed by atoms with E-state index in [4.69, 9.17) is 39.9 Å². The smallest absolute Gasteiger partial charge is 0.292 e. The number of fused-ring (bicyclic) bond motifs is 2. The molecule has 0 unspecified atom stereocenters. The van der Waals surface area contributed by atoms with Crippen molar-refractivity contribution in [2.75, 3.05) is 77.4 Å². The van der Waals surface area contributed by atoms with E-state index in [0.29, 0.717) is 89.3 Å². The molecule has 1 aromatic carbocycles. The van der Waals surface area contributed by atoms with E-state index in [2.05, 4.69) is 9.97 Å². The Kier molecular flexibility index (Phi) is 10.2. The summed E-state index contributed by atoms with van der Waals surface area (Å²) < 4.78 is 29.1. The number of nitrogens with zero attached hydrogens (tertiary/aromatic N) is 5. The molecule has 1 amide bonds. The summed E-state index contributed by atoms with van der Waals surface area (Å²) in [5, 5.41) is 5.79. The van der Waals surface area contributed by atoms with Crippen molar-refractivity contribution < 1.29 is 28.2 Å². The van der Waals surface area contributed by atoms with Crippen molar-refractivity contribution in [2.45, 2.75) is 32.2 Å². The minimum atomic E-state index is 0.0942. The maximum absolute atomic E-state index is 12.8. The normalized spacial score (nSPS) is 14.4. The average molecular weight is 582 g/mol. The molecule has 42 heavy (non-hydrogen) atoms. The average Bonchev–Trinajstić information content (AvgIpc) is 3.58. The molecule has 0 atom stereocenters. The number of amides is 1. The number of piperidine rings is 1. The number of pyridine rings is 1. The number of nitrogens with two attached hydrogens (primary N) is 2. The molecular formula is C29H39N7O6. The van der Waals surface area contributed by atoms with Gasteiger partial charge < -0.3 is 39.7 Å². The second-order valence-corrected chi connectivity index (χ2v) is 10.0. The lowest BCUT2D eigenvalue weighted by molar-refractivity contribution is -0.133. The molecule has 0 aliphatic carbocycles. The molecule has 1 fully saturated rings. The van der Waals surface area contributed by atoms with Gasteiger partial charge in [0.05, 0.1) is 69.6 Å². The van der Waals surface area contributed by atoms with Crippen LogP contribution in [-0.2, 0) is 23.7 Å². The molecule has 226 valence electrons. The van der Waals surface area contributed by atoms with Gasteiger partial charge in [-0.1, -0.05) is 0 Å². The molecule has 0 bridgehead atoms. The van der Waals surface area contributed by atoms with Crippen LogP contribution in [-0.4, -0.2) is 96.5 Å². The Labute approximate surface area is 244 Å². The Balaban J connectivity index is 1.10. The van der Waals surface area contributed by atoms with Gasteiger partial charge in [-0.25, -0.2) is 4.98 Å². The van der Waals surface area contributed by atoms with Crippen molar-refractivity contribution in [1.29, 1.82) is 0 Å². The van der Waals surface area contributed by atoms with Crippen molar-refractivity contribution in [3.63, 3.8) is 0 Å². The standard InChI is InChI=1S/C29H39N7O6/c1-2-38-13-14-40-17-18-41-16-15-39-12-8-25(37)35-10-6-21(7-11-35)36-23-5-9-32-28(30)26(23)27(34-36)20-3-4-24-22(19-20)33-29(31)42-24/h3-5,9,19,21H,2,6-8,10-18H2,1H3,(H2,30,32)(H2,31,33). The fraction of sp³-hybridized carbons (Fsp3) is 0.517. The van der Waals surface area contributed by atoms with E-state index >= 15 is 0 Å². The lowest BCUT2D eigenvalue weighted by atomic mass is 10.0. The zero-order chi connectivity index (χ0) is 29.3. The zero-order valence-corrected chi connectivity index (χ0v) is 24.0. The number of rotatable bonds is 15. The first-order valence-corrected chi connectivity index (χ1v) is 14.4. The third-order valence-electron chi connectivity index (χ3n) is 7.27. The topological polar surface area (TPSA) is 166 Å².